The van der Waals surface area contributed by atoms with Gasteiger partial charge in [-0.3, -0.25) is 9.48 Å². The average Bonchev–Trinajstić information content (AvgIpc) is 2.61. The molecule has 2 rings (SSSR count). The monoisotopic (exact) mass is 231 g/mol. The van der Waals surface area contributed by atoms with E-state index >= 15 is 0 Å². The minimum atomic E-state index is -0.263. The highest BCUT2D eigenvalue weighted by Crippen LogP contribution is 2.15. The first-order chi connectivity index (χ1) is 8.08. The second kappa shape index (κ2) is 4.25. The Morgan fingerprint density at radius 3 is 2.88 bits per heavy atom. The van der Waals surface area contributed by atoms with E-state index in [-0.39, 0.29) is 5.91 Å². The molecular weight excluding hydrogens is 218 g/mol. The van der Waals surface area contributed by atoms with E-state index in [1.165, 1.54) is 0 Å². The molecular formula is C11H13N5O. The summed E-state index contributed by atoms with van der Waals surface area (Å²) < 4.78 is 1.59. The number of aromatic nitrogens is 3. The van der Waals surface area contributed by atoms with Crippen molar-refractivity contribution in [1.82, 2.24) is 14.8 Å². The van der Waals surface area contributed by atoms with Crippen molar-refractivity contribution in [2.24, 2.45) is 7.05 Å². The third-order valence-electron chi connectivity index (χ3n) is 2.33. The highest BCUT2D eigenvalue weighted by molar-refractivity contribution is 6.05. The van der Waals surface area contributed by atoms with Crippen LogP contribution in [0.2, 0.25) is 0 Å². The lowest BCUT2D eigenvalue weighted by Gasteiger charge is -2.05. The highest BCUT2D eigenvalue weighted by atomic mass is 16.1. The van der Waals surface area contributed by atoms with Gasteiger partial charge in [0.25, 0.3) is 5.91 Å². The Labute approximate surface area is 98.5 Å². The van der Waals surface area contributed by atoms with Gasteiger partial charge in [-0.2, -0.15) is 5.10 Å². The highest BCUT2D eigenvalue weighted by Gasteiger charge is 2.13. The molecule has 2 heterocycles. The SMILES string of the molecule is Cc1nn(C)cc1C(=O)Nc1ncccc1N. The van der Waals surface area contributed by atoms with E-state index in [2.05, 4.69) is 15.4 Å². The van der Waals surface area contributed by atoms with Gasteiger partial charge in [0.2, 0.25) is 0 Å². The summed E-state index contributed by atoms with van der Waals surface area (Å²) in [6.45, 7) is 1.77. The molecule has 0 aliphatic carbocycles. The summed E-state index contributed by atoms with van der Waals surface area (Å²) in [5, 5.41) is 6.75. The number of nitrogens with one attached hydrogen (secondary N) is 1. The summed E-state index contributed by atoms with van der Waals surface area (Å²) in [4.78, 5) is 15.9. The van der Waals surface area contributed by atoms with Gasteiger partial charge < -0.3 is 11.1 Å². The summed E-state index contributed by atoms with van der Waals surface area (Å²) in [7, 11) is 1.76. The lowest BCUT2D eigenvalue weighted by Crippen LogP contribution is -2.14. The first kappa shape index (κ1) is 11.1. The van der Waals surface area contributed by atoms with Gasteiger partial charge in [0.1, 0.15) is 0 Å². The van der Waals surface area contributed by atoms with Gasteiger partial charge in [-0.15, -0.1) is 0 Å². The van der Waals surface area contributed by atoms with Crippen LogP contribution in [0.3, 0.4) is 0 Å². The molecule has 2 aromatic heterocycles. The number of hydrogen-bond donors (Lipinski definition) is 2. The van der Waals surface area contributed by atoms with Crippen LogP contribution in [0.1, 0.15) is 16.1 Å². The van der Waals surface area contributed by atoms with Crippen LogP contribution in [-0.2, 0) is 7.05 Å². The van der Waals surface area contributed by atoms with Crippen LogP contribution in [0.4, 0.5) is 11.5 Å². The van der Waals surface area contributed by atoms with Crippen LogP contribution < -0.4 is 11.1 Å². The van der Waals surface area contributed by atoms with Crippen LogP contribution >= 0.6 is 0 Å². The zero-order valence-electron chi connectivity index (χ0n) is 9.64. The van der Waals surface area contributed by atoms with E-state index in [1.54, 1.807) is 43.2 Å². The fourth-order valence-corrected chi connectivity index (χ4v) is 1.52. The number of amides is 1. The van der Waals surface area contributed by atoms with Crippen molar-refractivity contribution in [2.45, 2.75) is 6.92 Å². The van der Waals surface area contributed by atoms with E-state index in [1.807, 2.05) is 0 Å². The van der Waals surface area contributed by atoms with Gasteiger partial charge in [-0.05, 0) is 19.1 Å². The van der Waals surface area contributed by atoms with Crippen LogP contribution in [0.15, 0.2) is 24.5 Å². The van der Waals surface area contributed by atoms with E-state index in [4.69, 9.17) is 5.73 Å². The molecule has 6 heteroatoms. The van der Waals surface area contributed by atoms with Crippen molar-refractivity contribution in [3.8, 4) is 0 Å². The van der Waals surface area contributed by atoms with Gasteiger partial charge in [-0.1, -0.05) is 0 Å². The molecule has 1 amide bonds. The smallest absolute Gasteiger partial charge is 0.260 e. The van der Waals surface area contributed by atoms with Gasteiger partial charge in [0, 0.05) is 19.4 Å². The summed E-state index contributed by atoms with van der Waals surface area (Å²) in [5.74, 6) is 0.0988. The Morgan fingerprint density at radius 2 is 2.29 bits per heavy atom. The van der Waals surface area contributed by atoms with Gasteiger partial charge in [0.15, 0.2) is 5.82 Å². The molecule has 0 aliphatic heterocycles. The van der Waals surface area contributed by atoms with Crippen LogP contribution in [0.25, 0.3) is 0 Å². The van der Waals surface area contributed by atoms with Crippen LogP contribution in [0.5, 0.6) is 0 Å². The third kappa shape index (κ3) is 2.25. The molecule has 88 valence electrons. The number of nitrogens with two attached hydrogens (primary N) is 1. The number of nitrogens with zero attached hydrogens (tertiary/aromatic N) is 3. The van der Waals surface area contributed by atoms with Gasteiger partial charge in [-0.25, -0.2) is 4.98 Å². The van der Waals surface area contributed by atoms with Gasteiger partial charge >= 0.3 is 0 Å². The van der Waals surface area contributed by atoms with Crippen molar-refractivity contribution in [2.75, 3.05) is 11.1 Å². The Hall–Kier alpha value is -2.37. The molecule has 0 aromatic carbocycles. The summed E-state index contributed by atoms with van der Waals surface area (Å²) in [6.07, 6.45) is 3.23. The molecule has 0 spiro atoms. The first-order valence-corrected chi connectivity index (χ1v) is 5.10. The van der Waals surface area contributed by atoms with Crippen molar-refractivity contribution in [3.05, 3.63) is 35.8 Å². The Kier molecular flexibility index (Phi) is 2.78. The number of hydrogen-bond acceptors (Lipinski definition) is 4. The normalized spacial score (nSPS) is 10.2. The number of rotatable bonds is 2. The number of nitrogen functional groups attached to an aromatic ring is 1. The first-order valence-electron chi connectivity index (χ1n) is 5.10. The Bertz CT molecular complexity index is 561. The fourth-order valence-electron chi connectivity index (χ4n) is 1.52. The lowest BCUT2D eigenvalue weighted by molar-refractivity contribution is 0.102. The zero-order chi connectivity index (χ0) is 12.4. The quantitative estimate of drug-likeness (QED) is 0.806. The largest absolute Gasteiger partial charge is 0.396 e. The Morgan fingerprint density at radius 1 is 1.53 bits per heavy atom. The maximum atomic E-state index is 11.9. The maximum Gasteiger partial charge on any atom is 0.260 e. The molecule has 0 saturated carbocycles. The minimum absolute atomic E-state index is 0.263. The molecule has 0 unspecified atom stereocenters. The molecule has 6 nitrogen and oxygen atoms in total. The van der Waals surface area contributed by atoms with Crippen molar-refractivity contribution >= 4 is 17.4 Å². The third-order valence-corrected chi connectivity index (χ3v) is 2.33. The maximum absolute atomic E-state index is 11.9. The van der Waals surface area contributed by atoms with Crippen LogP contribution in [0, 0.1) is 6.92 Å². The van der Waals surface area contributed by atoms with Crippen LogP contribution in [-0.4, -0.2) is 20.7 Å². The molecule has 0 radical (unpaired) electrons. The second-order valence-electron chi connectivity index (χ2n) is 3.70. The number of carbonyl (C=O) groups is 1. The fraction of sp³-hybridized carbons (Fsp3) is 0.182. The zero-order valence-corrected chi connectivity index (χ0v) is 9.64. The molecule has 0 fully saturated rings. The average molecular weight is 231 g/mol. The predicted octanol–water partition coefficient (Wildman–Crippen LogP) is 0.958. The molecule has 3 N–H and O–H groups in total. The molecule has 0 aliphatic rings. The van der Waals surface area contributed by atoms with Crippen molar-refractivity contribution < 1.29 is 4.79 Å². The van der Waals surface area contributed by atoms with E-state index < -0.39 is 0 Å². The Balaban J connectivity index is 2.23. The standard InChI is InChI=1S/C11H13N5O/c1-7-8(6-16(2)15-7)11(17)14-10-9(12)4-3-5-13-10/h3-6H,12H2,1-2H3,(H,13,14,17). The van der Waals surface area contributed by atoms with Crippen molar-refractivity contribution in [1.29, 1.82) is 0 Å². The van der Waals surface area contributed by atoms with E-state index in [0.29, 0.717) is 22.8 Å². The van der Waals surface area contributed by atoms with E-state index in [0.717, 1.165) is 0 Å². The molecule has 17 heavy (non-hydrogen) atoms. The molecule has 0 bridgehead atoms. The predicted molar refractivity (Wildman–Crippen MR) is 64.5 cm³/mol. The second-order valence-corrected chi connectivity index (χ2v) is 3.70. The molecule has 2 aromatic rings. The number of carbonyl (C=O) groups excluding carboxylic acids is 1. The molecule has 0 saturated heterocycles. The van der Waals surface area contributed by atoms with Gasteiger partial charge in [0.05, 0.1) is 16.9 Å². The molecule has 0 atom stereocenters. The van der Waals surface area contributed by atoms with Crippen molar-refractivity contribution in [3.63, 3.8) is 0 Å². The number of pyridine rings is 1. The topological polar surface area (TPSA) is 85.8 Å². The summed E-state index contributed by atoms with van der Waals surface area (Å²) in [6, 6.07) is 3.39. The lowest BCUT2D eigenvalue weighted by atomic mass is 10.2. The summed E-state index contributed by atoms with van der Waals surface area (Å²) in [5.41, 5.74) is 7.30. The minimum Gasteiger partial charge on any atom is -0.396 e. The van der Waals surface area contributed by atoms with E-state index in [9.17, 15) is 4.79 Å². The number of anilines is 2. The summed E-state index contributed by atoms with van der Waals surface area (Å²) >= 11 is 0. The number of aryl methyl sites for hydroxylation is 2.